The van der Waals surface area contributed by atoms with Crippen LogP contribution in [0.2, 0.25) is 0 Å². The first-order chi connectivity index (χ1) is 17.9. The van der Waals surface area contributed by atoms with Crippen LogP contribution in [0.4, 0.5) is 22.0 Å². The lowest BCUT2D eigenvalue weighted by molar-refractivity contribution is -0.137. The van der Waals surface area contributed by atoms with Gasteiger partial charge in [-0.3, -0.25) is 4.79 Å². The molecular weight excluding hydrogens is 535 g/mol. The highest BCUT2D eigenvalue weighted by Crippen LogP contribution is 2.38. The van der Waals surface area contributed by atoms with Crippen LogP contribution >= 0.6 is 0 Å². The quantitative estimate of drug-likeness (QED) is 0.255. The molecule has 2 aromatic carbocycles. The number of sulfonamides is 1. The van der Waals surface area contributed by atoms with E-state index in [1.54, 1.807) is 0 Å². The molecule has 1 aliphatic carbocycles. The maximum absolute atomic E-state index is 15.8. The number of nitrogens with zero attached hydrogens (tertiary/aromatic N) is 2. The standard InChI is InChI=1S/C24H17F5N4O4S/c25-16-5-4-13(14-7-12(24(27,28)29)3-6-17(14)38(30,35)36)20(26)19(16)21(34)15-8-31-22-18(15)23(33-10-32-22)37-9-11-1-2-11/h3-8,10-11H,1-2,9H2,(H2,30,35,36)(H,31,32,33). The van der Waals surface area contributed by atoms with Gasteiger partial charge in [0, 0.05) is 17.3 Å². The van der Waals surface area contributed by atoms with Crippen molar-refractivity contribution < 1.29 is 39.9 Å². The van der Waals surface area contributed by atoms with Crippen LogP contribution in [0.5, 0.6) is 5.88 Å². The second kappa shape index (κ2) is 9.13. The number of benzene rings is 2. The van der Waals surface area contributed by atoms with Crippen LogP contribution in [-0.2, 0) is 16.2 Å². The number of halogens is 5. The molecule has 2 heterocycles. The Hall–Kier alpha value is -3.91. The molecule has 4 aromatic rings. The zero-order valence-corrected chi connectivity index (χ0v) is 20.0. The number of primary sulfonamides is 1. The minimum atomic E-state index is -4.91. The normalized spacial score (nSPS) is 14.2. The van der Waals surface area contributed by atoms with Crippen LogP contribution in [0.15, 0.2) is 47.8 Å². The molecule has 0 saturated heterocycles. The van der Waals surface area contributed by atoms with Crippen molar-refractivity contribution in [3.05, 3.63) is 71.2 Å². The Bertz CT molecular complexity index is 1700. The third-order valence-electron chi connectivity index (χ3n) is 6.05. The number of carbonyl (C=O) groups is 1. The average molecular weight is 552 g/mol. The van der Waals surface area contributed by atoms with Crippen molar-refractivity contribution in [1.82, 2.24) is 15.0 Å². The second-order valence-corrected chi connectivity index (χ2v) is 10.3. The fourth-order valence-corrected chi connectivity index (χ4v) is 4.71. The minimum Gasteiger partial charge on any atom is -0.477 e. The molecule has 8 nitrogen and oxygen atoms in total. The van der Waals surface area contributed by atoms with Gasteiger partial charge in [-0.25, -0.2) is 32.3 Å². The van der Waals surface area contributed by atoms with Gasteiger partial charge in [-0.1, -0.05) is 0 Å². The number of rotatable bonds is 7. The first kappa shape index (κ1) is 25.7. The first-order valence-electron chi connectivity index (χ1n) is 11.1. The number of aromatic amines is 1. The third kappa shape index (κ3) is 4.72. The van der Waals surface area contributed by atoms with Gasteiger partial charge in [0.1, 0.15) is 23.6 Å². The van der Waals surface area contributed by atoms with Crippen LogP contribution in [0, 0.1) is 17.6 Å². The Morgan fingerprint density at radius 3 is 2.50 bits per heavy atom. The van der Waals surface area contributed by atoms with Gasteiger partial charge in [-0.15, -0.1) is 0 Å². The molecule has 0 atom stereocenters. The Kier molecular flexibility index (Phi) is 6.18. The van der Waals surface area contributed by atoms with E-state index >= 15 is 4.39 Å². The highest BCUT2D eigenvalue weighted by atomic mass is 32.2. The van der Waals surface area contributed by atoms with Crippen molar-refractivity contribution in [2.24, 2.45) is 11.1 Å². The molecule has 14 heteroatoms. The number of hydrogen-bond acceptors (Lipinski definition) is 6. The number of alkyl halides is 3. The number of nitrogens with two attached hydrogens (primary N) is 1. The Labute approximate surface area is 211 Å². The lowest BCUT2D eigenvalue weighted by Gasteiger charge is -2.15. The summed E-state index contributed by atoms with van der Waals surface area (Å²) in [6.45, 7) is 0.315. The summed E-state index contributed by atoms with van der Waals surface area (Å²) in [6, 6.07) is 2.78. The smallest absolute Gasteiger partial charge is 0.416 e. The summed E-state index contributed by atoms with van der Waals surface area (Å²) in [5.41, 5.74) is -4.09. The Morgan fingerprint density at radius 1 is 1.11 bits per heavy atom. The van der Waals surface area contributed by atoms with Gasteiger partial charge >= 0.3 is 6.18 Å². The molecule has 198 valence electrons. The summed E-state index contributed by atoms with van der Waals surface area (Å²) in [6.07, 6.45) is -0.655. The number of H-pyrrole nitrogens is 1. The number of carbonyl (C=O) groups excluding carboxylic acids is 1. The third-order valence-corrected chi connectivity index (χ3v) is 7.02. The minimum absolute atomic E-state index is 0.0119. The van der Waals surface area contributed by atoms with Crippen LogP contribution in [-0.4, -0.2) is 35.8 Å². The summed E-state index contributed by atoms with van der Waals surface area (Å²) in [7, 11) is -4.64. The summed E-state index contributed by atoms with van der Waals surface area (Å²) in [4.78, 5) is 23.3. The molecule has 1 aliphatic rings. The number of ether oxygens (including phenoxy) is 1. The fraction of sp³-hybridized carbons (Fsp3) is 0.208. The number of fused-ring (bicyclic) bond motifs is 1. The van der Waals surface area contributed by atoms with Gasteiger partial charge in [0.05, 0.1) is 33.6 Å². The lowest BCUT2D eigenvalue weighted by atomic mass is 9.95. The van der Waals surface area contributed by atoms with E-state index in [0.717, 1.165) is 25.1 Å². The number of nitrogens with one attached hydrogen (secondary N) is 1. The van der Waals surface area contributed by atoms with Gasteiger partial charge in [0.15, 0.2) is 0 Å². The zero-order valence-electron chi connectivity index (χ0n) is 19.1. The molecule has 2 aromatic heterocycles. The average Bonchev–Trinajstić information content (AvgIpc) is 3.57. The molecular formula is C24H17F5N4O4S. The van der Waals surface area contributed by atoms with Gasteiger partial charge in [0.25, 0.3) is 0 Å². The molecule has 0 spiro atoms. The van der Waals surface area contributed by atoms with E-state index in [4.69, 9.17) is 9.88 Å². The molecule has 38 heavy (non-hydrogen) atoms. The molecule has 1 fully saturated rings. The topological polar surface area (TPSA) is 128 Å². The SMILES string of the molecule is NS(=O)(=O)c1ccc(C(F)(F)F)cc1-c1ccc(F)c(C(=O)c2c[nH]c3ncnc(OCC4CC4)c23)c1F. The Balaban J connectivity index is 1.67. The van der Waals surface area contributed by atoms with Crippen LogP contribution in [0.3, 0.4) is 0 Å². The molecule has 1 saturated carbocycles. The van der Waals surface area contributed by atoms with Gasteiger partial charge in [0.2, 0.25) is 21.7 Å². The van der Waals surface area contributed by atoms with Crippen molar-refractivity contribution in [2.75, 3.05) is 6.61 Å². The predicted octanol–water partition coefficient (Wildman–Crippen LogP) is 4.59. The van der Waals surface area contributed by atoms with Gasteiger partial charge in [-0.2, -0.15) is 13.2 Å². The number of aromatic nitrogens is 3. The van der Waals surface area contributed by atoms with Crippen molar-refractivity contribution in [3.8, 4) is 17.0 Å². The Morgan fingerprint density at radius 2 is 1.84 bits per heavy atom. The first-order valence-corrected chi connectivity index (χ1v) is 12.6. The molecule has 0 aliphatic heterocycles. The highest BCUT2D eigenvalue weighted by Gasteiger charge is 2.34. The number of ketones is 1. The van der Waals surface area contributed by atoms with E-state index < -0.39 is 60.8 Å². The fourth-order valence-electron chi connectivity index (χ4n) is 3.97. The van der Waals surface area contributed by atoms with Crippen LogP contribution in [0.25, 0.3) is 22.2 Å². The second-order valence-electron chi connectivity index (χ2n) is 8.73. The molecule has 5 rings (SSSR count). The monoisotopic (exact) mass is 552 g/mol. The van der Waals surface area contributed by atoms with E-state index in [0.29, 0.717) is 36.8 Å². The van der Waals surface area contributed by atoms with Gasteiger partial charge < -0.3 is 9.72 Å². The predicted molar refractivity (Wildman–Crippen MR) is 124 cm³/mol. The zero-order chi connectivity index (χ0) is 27.4. The lowest BCUT2D eigenvalue weighted by Crippen LogP contribution is -2.16. The van der Waals surface area contributed by atoms with E-state index in [2.05, 4.69) is 15.0 Å². The van der Waals surface area contributed by atoms with E-state index in [1.807, 2.05) is 0 Å². The van der Waals surface area contributed by atoms with E-state index in [1.165, 1.54) is 6.33 Å². The maximum Gasteiger partial charge on any atom is 0.416 e. The van der Waals surface area contributed by atoms with E-state index in [-0.39, 0.29) is 22.5 Å². The highest BCUT2D eigenvalue weighted by molar-refractivity contribution is 7.89. The molecule has 0 unspecified atom stereocenters. The molecule has 3 N–H and O–H groups in total. The summed E-state index contributed by atoms with van der Waals surface area (Å²) < 4.78 is 101. The van der Waals surface area contributed by atoms with Crippen molar-refractivity contribution in [1.29, 1.82) is 0 Å². The van der Waals surface area contributed by atoms with Crippen molar-refractivity contribution >= 4 is 26.8 Å². The molecule has 0 amide bonds. The molecule has 0 bridgehead atoms. The van der Waals surface area contributed by atoms with Crippen LogP contribution < -0.4 is 9.88 Å². The van der Waals surface area contributed by atoms with E-state index in [9.17, 15) is 30.8 Å². The van der Waals surface area contributed by atoms with Crippen molar-refractivity contribution in [3.63, 3.8) is 0 Å². The van der Waals surface area contributed by atoms with Crippen molar-refractivity contribution in [2.45, 2.75) is 23.9 Å². The summed E-state index contributed by atoms with van der Waals surface area (Å²) in [5.74, 6) is -3.76. The number of hydrogen-bond donors (Lipinski definition) is 2. The van der Waals surface area contributed by atoms with Gasteiger partial charge in [-0.05, 0) is 49.1 Å². The summed E-state index contributed by atoms with van der Waals surface area (Å²) >= 11 is 0. The molecule has 0 radical (unpaired) electrons. The maximum atomic E-state index is 15.8. The largest absolute Gasteiger partial charge is 0.477 e. The van der Waals surface area contributed by atoms with Crippen LogP contribution in [0.1, 0.15) is 34.3 Å². The summed E-state index contributed by atoms with van der Waals surface area (Å²) in [5, 5.41) is 5.20.